The molecule has 3 aromatic rings. The van der Waals surface area contributed by atoms with Gasteiger partial charge in [-0.2, -0.15) is 4.98 Å². The van der Waals surface area contributed by atoms with Gasteiger partial charge >= 0.3 is 5.69 Å². The van der Waals surface area contributed by atoms with Gasteiger partial charge in [0.2, 0.25) is 29.6 Å². The van der Waals surface area contributed by atoms with Crippen LogP contribution in [0, 0.1) is 11.3 Å². The van der Waals surface area contributed by atoms with Crippen LogP contribution in [-0.4, -0.2) is 108 Å². The summed E-state index contributed by atoms with van der Waals surface area (Å²) in [5.41, 5.74) is 2.89. The molecule has 2 spiro atoms. The molecule has 10 rings (SSSR count). The van der Waals surface area contributed by atoms with Crippen molar-refractivity contribution >= 4 is 58.6 Å². The van der Waals surface area contributed by atoms with Crippen LogP contribution in [0.3, 0.4) is 0 Å². The number of hydrogen-bond acceptors (Lipinski definition) is 11. The summed E-state index contributed by atoms with van der Waals surface area (Å²) in [5, 5.41) is 5.95. The highest BCUT2D eigenvalue weighted by Crippen LogP contribution is 2.58. The lowest BCUT2D eigenvalue weighted by atomic mass is 9.74. The van der Waals surface area contributed by atoms with E-state index in [2.05, 4.69) is 26.2 Å². The zero-order chi connectivity index (χ0) is 38.5. The number of aryl methyl sites for hydroxylation is 2. The number of rotatable bonds is 9. The van der Waals surface area contributed by atoms with Crippen molar-refractivity contribution in [1.29, 1.82) is 0 Å². The molecule has 0 bridgehead atoms. The molecule has 3 unspecified atom stereocenters. The highest BCUT2D eigenvalue weighted by atomic mass is 32.2. The van der Waals surface area contributed by atoms with Crippen LogP contribution >= 0.6 is 12.1 Å². The van der Waals surface area contributed by atoms with E-state index in [0.717, 1.165) is 88.3 Å². The predicted molar refractivity (Wildman–Crippen MR) is 211 cm³/mol. The Kier molecular flexibility index (Phi) is 8.64. The summed E-state index contributed by atoms with van der Waals surface area (Å²) in [6.45, 7) is 7.75. The van der Waals surface area contributed by atoms with Gasteiger partial charge in [0.15, 0.2) is 0 Å². The Bertz CT molecular complexity index is 2190. The lowest BCUT2D eigenvalue weighted by Crippen LogP contribution is -2.71. The van der Waals surface area contributed by atoms with Gasteiger partial charge in [0.1, 0.15) is 11.9 Å². The lowest BCUT2D eigenvalue weighted by Gasteiger charge is -2.60. The molecule has 296 valence electrons. The Balaban J connectivity index is 0.672. The molecular weight excluding hydrogens is 733 g/mol. The maximum Gasteiger partial charge on any atom is 0.329 e. The van der Waals surface area contributed by atoms with Crippen LogP contribution in [0.5, 0.6) is 0 Å². The Morgan fingerprint density at radius 1 is 0.982 bits per heavy atom. The summed E-state index contributed by atoms with van der Waals surface area (Å²) >= 11 is 1.83. The number of carbonyl (C=O) groups is 4. The monoisotopic (exact) mass is 782 g/mol. The van der Waals surface area contributed by atoms with E-state index in [1.165, 1.54) is 22.0 Å². The standard InChI is InChI=1S/C40H50N10O5S/c1-24-4-3-5-28(24)50-34-27(40(14-15-40)36(50)54)19-41-37(44-34)42-26-12-16-47(17-13-26)56-48-22-39(23-48)20-46(21-39)33(52)11-7-25-6-8-29-31(18-25)45(2)38(55)49(29)30-9-10-32(51)43-35(30)53/h6,8,18-19,24,26,28,30H,3-5,7,9-17,20-23H2,1-2H3,(H,41,42,44)(H,43,51,53). The molecule has 15 nitrogen and oxygen atoms in total. The number of carbonyl (C=O) groups excluding carboxylic acids is 4. The van der Waals surface area contributed by atoms with Gasteiger partial charge in [-0.1, -0.05) is 19.4 Å². The number of benzene rings is 1. The van der Waals surface area contributed by atoms with Gasteiger partial charge in [-0.05, 0) is 75.0 Å². The van der Waals surface area contributed by atoms with Gasteiger partial charge < -0.3 is 10.2 Å². The molecule has 4 amide bonds. The Labute approximate surface area is 329 Å². The van der Waals surface area contributed by atoms with Crippen molar-refractivity contribution in [1.82, 2.24) is 37.9 Å². The molecule has 56 heavy (non-hydrogen) atoms. The molecule has 16 heteroatoms. The number of nitrogens with zero attached hydrogens (tertiary/aromatic N) is 8. The Morgan fingerprint density at radius 3 is 2.48 bits per heavy atom. The topological polar surface area (TPSA) is 158 Å². The Hall–Kier alpha value is -4.28. The maximum atomic E-state index is 13.6. The average Bonchev–Trinajstić information content (AvgIpc) is 3.73. The Morgan fingerprint density at radius 2 is 1.77 bits per heavy atom. The largest absolute Gasteiger partial charge is 0.351 e. The number of aromatic nitrogens is 4. The number of hydrogen-bond donors (Lipinski definition) is 2. The number of imide groups is 1. The molecule has 7 aliphatic rings. The first-order valence-electron chi connectivity index (χ1n) is 20.5. The van der Waals surface area contributed by atoms with Crippen molar-refractivity contribution in [3.05, 3.63) is 46.0 Å². The number of piperidine rings is 2. The van der Waals surface area contributed by atoms with E-state index in [1.807, 2.05) is 46.3 Å². The molecule has 5 aliphatic heterocycles. The summed E-state index contributed by atoms with van der Waals surface area (Å²) in [6, 6.07) is 5.52. The molecule has 1 aromatic carbocycles. The minimum absolute atomic E-state index is 0.151. The van der Waals surface area contributed by atoms with Crippen LogP contribution < -0.4 is 21.2 Å². The van der Waals surface area contributed by atoms with Gasteiger partial charge in [0, 0.05) is 101 Å². The number of fused-ring (bicyclic) bond motifs is 3. The van der Waals surface area contributed by atoms with Gasteiger partial charge in [-0.3, -0.25) is 38.5 Å². The van der Waals surface area contributed by atoms with Gasteiger partial charge in [-0.15, -0.1) is 0 Å². The molecule has 2 aliphatic carbocycles. The second-order valence-electron chi connectivity index (χ2n) is 17.6. The molecule has 7 heterocycles. The van der Waals surface area contributed by atoms with E-state index < -0.39 is 11.9 Å². The lowest BCUT2D eigenvalue weighted by molar-refractivity contribution is -0.151. The summed E-state index contributed by atoms with van der Waals surface area (Å²) in [6.07, 6.45) is 10.6. The first-order chi connectivity index (χ1) is 27.0. The third-order valence-corrected chi connectivity index (χ3v) is 14.9. The second-order valence-corrected chi connectivity index (χ2v) is 18.8. The third-order valence-electron chi connectivity index (χ3n) is 13.8. The van der Waals surface area contributed by atoms with Crippen LogP contribution in [0.25, 0.3) is 11.0 Å². The van der Waals surface area contributed by atoms with Crippen molar-refractivity contribution < 1.29 is 19.2 Å². The zero-order valence-corrected chi connectivity index (χ0v) is 33.0. The molecule has 4 saturated heterocycles. The van der Waals surface area contributed by atoms with E-state index in [-0.39, 0.29) is 52.7 Å². The van der Waals surface area contributed by atoms with Gasteiger partial charge in [0.25, 0.3) is 0 Å². The van der Waals surface area contributed by atoms with E-state index in [1.54, 1.807) is 7.05 Å². The number of anilines is 2. The van der Waals surface area contributed by atoms with E-state index in [0.29, 0.717) is 42.2 Å². The average molecular weight is 783 g/mol. The first-order valence-corrected chi connectivity index (χ1v) is 21.2. The fourth-order valence-electron chi connectivity index (χ4n) is 10.4. The highest BCUT2D eigenvalue weighted by Gasteiger charge is 2.62. The number of nitrogens with one attached hydrogen (secondary N) is 2. The first kappa shape index (κ1) is 36.1. The van der Waals surface area contributed by atoms with Crippen LogP contribution in [0.4, 0.5) is 11.8 Å². The molecule has 3 atom stereocenters. The highest BCUT2D eigenvalue weighted by molar-refractivity contribution is 7.94. The molecule has 6 fully saturated rings. The van der Waals surface area contributed by atoms with E-state index in [4.69, 9.17) is 9.97 Å². The maximum absolute atomic E-state index is 13.6. The molecule has 2 N–H and O–H groups in total. The van der Waals surface area contributed by atoms with Crippen molar-refractivity contribution in [2.45, 2.75) is 101 Å². The smallest absolute Gasteiger partial charge is 0.329 e. The minimum atomic E-state index is -0.718. The van der Waals surface area contributed by atoms with Crippen molar-refractivity contribution in [2.24, 2.45) is 18.4 Å². The van der Waals surface area contributed by atoms with E-state index >= 15 is 0 Å². The van der Waals surface area contributed by atoms with E-state index in [9.17, 15) is 24.0 Å². The fourth-order valence-corrected chi connectivity index (χ4v) is 11.7. The summed E-state index contributed by atoms with van der Waals surface area (Å²) in [7, 11) is 1.68. The molecule has 2 saturated carbocycles. The number of imidazole rings is 1. The molecule has 2 aromatic heterocycles. The van der Waals surface area contributed by atoms with Gasteiger partial charge in [-0.25, -0.2) is 18.4 Å². The van der Waals surface area contributed by atoms with Crippen molar-refractivity contribution in [3.8, 4) is 0 Å². The SMILES string of the molecule is CC1CCCC1N1C(=O)C2(CC2)c2cnc(NC3CCN(SN4CC5(C4)CN(C(=O)CCc4ccc6c(c4)n(C)c(=O)n6C4CCC(=O)NC4=O)C5)CC3)nc21. The zero-order valence-electron chi connectivity index (χ0n) is 32.2. The number of likely N-dealkylation sites (tertiary alicyclic amines) is 1. The molecule has 0 radical (unpaired) electrons. The normalized spacial score (nSPS) is 27.2. The van der Waals surface area contributed by atoms with Crippen LogP contribution in [0.2, 0.25) is 0 Å². The number of amides is 4. The summed E-state index contributed by atoms with van der Waals surface area (Å²) in [4.78, 5) is 77.8. The molecular formula is C40H50N10O5S. The van der Waals surface area contributed by atoms with Gasteiger partial charge in [0.05, 0.1) is 16.4 Å². The van der Waals surface area contributed by atoms with Crippen molar-refractivity contribution in [3.63, 3.8) is 0 Å². The summed E-state index contributed by atoms with van der Waals surface area (Å²) < 4.78 is 7.88. The fraction of sp³-hybridized carbons (Fsp3) is 0.625. The third kappa shape index (κ3) is 5.96. The minimum Gasteiger partial charge on any atom is -0.351 e. The van der Waals surface area contributed by atoms with Crippen LogP contribution in [0.15, 0.2) is 29.2 Å². The predicted octanol–water partition coefficient (Wildman–Crippen LogP) is 2.89. The quantitative estimate of drug-likeness (QED) is 0.243. The van der Waals surface area contributed by atoms with Crippen molar-refractivity contribution in [2.75, 3.05) is 49.5 Å². The van der Waals surface area contributed by atoms with Crippen LogP contribution in [-0.2, 0) is 38.1 Å². The second kappa shape index (κ2) is 13.4. The summed E-state index contributed by atoms with van der Waals surface area (Å²) in [5.74, 6) is 1.62. The van der Waals surface area contributed by atoms with Crippen LogP contribution in [0.1, 0.15) is 88.3 Å².